The third kappa shape index (κ3) is 4.34. The maximum Gasteiger partial charge on any atom is 0.338 e. The van der Waals surface area contributed by atoms with Crippen LogP contribution in [-0.4, -0.2) is 42.5 Å². The standard InChI is InChI=1S/C20H19N3O6/c1-28-16-3-4-18-17(10-16)12(11-22-18)5-6-21-19(24)13-7-14(20(25)29-2)9-15(8-13)23(26)27/h3-4,7-11,22H,5-6H2,1-2H3,(H,21,24). The zero-order chi connectivity index (χ0) is 21.0. The van der Waals surface area contributed by atoms with Gasteiger partial charge in [0.25, 0.3) is 11.6 Å². The zero-order valence-electron chi connectivity index (χ0n) is 15.9. The summed E-state index contributed by atoms with van der Waals surface area (Å²) in [5.41, 5.74) is 1.54. The minimum atomic E-state index is -0.754. The number of hydrogen-bond donors (Lipinski definition) is 2. The Balaban J connectivity index is 1.73. The van der Waals surface area contributed by atoms with E-state index >= 15 is 0 Å². The van der Waals surface area contributed by atoms with Crippen LogP contribution in [0.4, 0.5) is 5.69 Å². The highest BCUT2D eigenvalue weighted by Gasteiger charge is 2.18. The van der Waals surface area contributed by atoms with Crippen LogP contribution in [0.3, 0.4) is 0 Å². The summed E-state index contributed by atoms with van der Waals surface area (Å²) in [6.07, 6.45) is 2.40. The summed E-state index contributed by atoms with van der Waals surface area (Å²) in [7, 11) is 2.76. The van der Waals surface area contributed by atoms with E-state index in [-0.39, 0.29) is 16.8 Å². The molecule has 29 heavy (non-hydrogen) atoms. The van der Waals surface area contributed by atoms with E-state index in [1.165, 1.54) is 6.07 Å². The summed E-state index contributed by atoms with van der Waals surface area (Å²) in [5.74, 6) is -0.541. The lowest BCUT2D eigenvalue weighted by atomic mass is 10.1. The molecule has 0 aliphatic heterocycles. The molecule has 0 unspecified atom stereocenters. The SMILES string of the molecule is COC(=O)c1cc(C(=O)NCCc2c[nH]c3ccc(OC)cc23)cc([N+](=O)[O-])c1. The highest BCUT2D eigenvalue weighted by molar-refractivity contribution is 5.99. The lowest BCUT2D eigenvalue weighted by Gasteiger charge is -2.07. The van der Waals surface area contributed by atoms with Crippen LogP contribution in [0.1, 0.15) is 26.3 Å². The average molecular weight is 397 g/mol. The largest absolute Gasteiger partial charge is 0.497 e. The molecule has 2 aromatic carbocycles. The maximum atomic E-state index is 12.5. The fraction of sp³-hybridized carbons (Fsp3) is 0.200. The molecule has 0 atom stereocenters. The summed E-state index contributed by atoms with van der Waals surface area (Å²) in [4.78, 5) is 37.8. The summed E-state index contributed by atoms with van der Waals surface area (Å²) >= 11 is 0. The number of carbonyl (C=O) groups excluding carboxylic acids is 2. The van der Waals surface area contributed by atoms with Gasteiger partial charge >= 0.3 is 5.97 Å². The molecule has 2 N–H and O–H groups in total. The fourth-order valence-corrected chi connectivity index (χ4v) is 2.99. The molecule has 0 saturated heterocycles. The van der Waals surface area contributed by atoms with Crippen LogP contribution < -0.4 is 10.1 Å². The van der Waals surface area contributed by atoms with Crippen molar-refractivity contribution in [3.05, 3.63) is 69.4 Å². The van der Waals surface area contributed by atoms with Crippen LogP contribution in [0, 0.1) is 10.1 Å². The molecule has 1 amide bonds. The highest BCUT2D eigenvalue weighted by Crippen LogP contribution is 2.24. The fourth-order valence-electron chi connectivity index (χ4n) is 2.99. The number of benzene rings is 2. The monoisotopic (exact) mass is 397 g/mol. The quantitative estimate of drug-likeness (QED) is 0.359. The van der Waals surface area contributed by atoms with Crippen molar-refractivity contribution < 1.29 is 24.0 Å². The van der Waals surface area contributed by atoms with Crippen molar-refractivity contribution in [2.24, 2.45) is 0 Å². The first-order chi connectivity index (χ1) is 13.9. The molecule has 3 rings (SSSR count). The second-order valence-electron chi connectivity index (χ2n) is 6.25. The van der Waals surface area contributed by atoms with Crippen molar-refractivity contribution in [1.82, 2.24) is 10.3 Å². The predicted molar refractivity (Wildman–Crippen MR) is 105 cm³/mol. The van der Waals surface area contributed by atoms with E-state index in [9.17, 15) is 19.7 Å². The average Bonchev–Trinajstić information content (AvgIpc) is 3.14. The number of nitro groups is 1. The maximum absolute atomic E-state index is 12.5. The lowest BCUT2D eigenvalue weighted by molar-refractivity contribution is -0.384. The van der Waals surface area contributed by atoms with Crippen LogP contribution in [0.25, 0.3) is 10.9 Å². The zero-order valence-corrected chi connectivity index (χ0v) is 15.9. The Morgan fingerprint density at radius 2 is 1.90 bits per heavy atom. The van der Waals surface area contributed by atoms with Gasteiger partial charge in [-0.1, -0.05) is 0 Å². The Morgan fingerprint density at radius 1 is 1.14 bits per heavy atom. The third-order valence-electron chi connectivity index (χ3n) is 4.47. The van der Waals surface area contributed by atoms with E-state index < -0.39 is 16.8 Å². The van der Waals surface area contributed by atoms with Gasteiger partial charge in [0.2, 0.25) is 0 Å². The van der Waals surface area contributed by atoms with E-state index in [1.54, 1.807) is 7.11 Å². The van der Waals surface area contributed by atoms with Crippen LogP contribution >= 0.6 is 0 Å². The first-order valence-electron chi connectivity index (χ1n) is 8.73. The second-order valence-corrected chi connectivity index (χ2v) is 6.25. The number of nitrogens with zero attached hydrogens (tertiary/aromatic N) is 1. The van der Waals surface area contributed by atoms with Gasteiger partial charge in [-0.2, -0.15) is 0 Å². The molecule has 3 aromatic rings. The molecule has 0 fully saturated rings. The van der Waals surface area contributed by atoms with E-state index in [1.807, 2.05) is 24.4 Å². The summed E-state index contributed by atoms with van der Waals surface area (Å²) < 4.78 is 9.83. The van der Waals surface area contributed by atoms with Gasteiger partial charge in [0, 0.05) is 41.3 Å². The smallest absolute Gasteiger partial charge is 0.338 e. The molecular formula is C20H19N3O6. The molecule has 150 valence electrons. The van der Waals surface area contributed by atoms with Gasteiger partial charge in [-0.25, -0.2) is 4.79 Å². The Kier molecular flexibility index (Phi) is 5.77. The van der Waals surface area contributed by atoms with Crippen molar-refractivity contribution >= 4 is 28.5 Å². The number of methoxy groups -OCH3 is 2. The van der Waals surface area contributed by atoms with E-state index in [4.69, 9.17) is 4.74 Å². The minimum absolute atomic E-state index is 0.0141. The molecule has 9 heteroatoms. The normalized spacial score (nSPS) is 10.6. The number of esters is 1. The Labute approximate surface area is 165 Å². The number of carbonyl (C=O) groups is 2. The van der Waals surface area contributed by atoms with Gasteiger partial charge in [0.15, 0.2) is 0 Å². The number of rotatable bonds is 7. The van der Waals surface area contributed by atoms with Gasteiger partial charge in [0.05, 0.1) is 24.7 Å². The van der Waals surface area contributed by atoms with Crippen LogP contribution in [0.2, 0.25) is 0 Å². The number of amides is 1. The van der Waals surface area contributed by atoms with Crippen LogP contribution in [0.5, 0.6) is 5.75 Å². The molecule has 0 radical (unpaired) electrons. The molecule has 0 aliphatic carbocycles. The molecule has 0 spiro atoms. The Hall–Kier alpha value is -3.88. The summed E-state index contributed by atoms with van der Waals surface area (Å²) in [6, 6.07) is 9.14. The van der Waals surface area contributed by atoms with Gasteiger partial charge in [-0.15, -0.1) is 0 Å². The number of nitro benzene ring substituents is 1. The van der Waals surface area contributed by atoms with Gasteiger partial charge in [0.1, 0.15) is 5.75 Å². The van der Waals surface area contributed by atoms with E-state index in [0.717, 1.165) is 41.5 Å². The highest BCUT2D eigenvalue weighted by atomic mass is 16.6. The molecule has 9 nitrogen and oxygen atoms in total. The number of non-ortho nitro benzene ring substituents is 1. The van der Waals surface area contributed by atoms with Gasteiger partial charge in [-0.05, 0) is 36.2 Å². The summed E-state index contributed by atoms with van der Waals surface area (Å²) in [5, 5.41) is 14.8. The topological polar surface area (TPSA) is 124 Å². The molecule has 0 bridgehead atoms. The predicted octanol–water partition coefficient (Wildman–Crippen LogP) is 2.84. The number of fused-ring (bicyclic) bond motifs is 1. The second kappa shape index (κ2) is 8.42. The number of aromatic amines is 1. The first kappa shape index (κ1) is 19.9. The van der Waals surface area contributed by atoms with E-state index in [2.05, 4.69) is 15.0 Å². The number of hydrogen-bond acceptors (Lipinski definition) is 6. The van der Waals surface area contributed by atoms with Gasteiger partial charge in [-0.3, -0.25) is 14.9 Å². The van der Waals surface area contributed by atoms with Crippen molar-refractivity contribution in [3.8, 4) is 5.75 Å². The number of ether oxygens (including phenoxy) is 2. The molecule has 0 aliphatic rings. The molecular weight excluding hydrogens is 378 g/mol. The Morgan fingerprint density at radius 3 is 2.59 bits per heavy atom. The number of H-pyrrole nitrogens is 1. The van der Waals surface area contributed by atoms with Crippen molar-refractivity contribution in [2.75, 3.05) is 20.8 Å². The lowest BCUT2D eigenvalue weighted by Crippen LogP contribution is -2.26. The molecule has 1 aromatic heterocycles. The van der Waals surface area contributed by atoms with Crippen molar-refractivity contribution in [3.63, 3.8) is 0 Å². The number of nitrogens with one attached hydrogen (secondary N) is 2. The van der Waals surface area contributed by atoms with Crippen molar-refractivity contribution in [1.29, 1.82) is 0 Å². The molecule has 1 heterocycles. The van der Waals surface area contributed by atoms with Crippen LogP contribution in [-0.2, 0) is 11.2 Å². The third-order valence-corrected chi connectivity index (χ3v) is 4.47. The van der Waals surface area contributed by atoms with Crippen LogP contribution in [0.15, 0.2) is 42.6 Å². The molecule has 0 saturated carbocycles. The van der Waals surface area contributed by atoms with Gasteiger partial charge < -0.3 is 19.8 Å². The van der Waals surface area contributed by atoms with E-state index in [0.29, 0.717) is 13.0 Å². The minimum Gasteiger partial charge on any atom is -0.497 e. The number of aromatic nitrogens is 1. The van der Waals surface area contributed by atoms with Crippen molar-refractivity contribution in [2.45, 2.75) is 6.42 Å². The Bertz CT molecular complexity index is 1090. The first-order valence-corrected chi connectivity index (χ1v) is 8.73. The summed E-state index contributed by atoms with van der Waals surface area (Å²) in [6.45, 7) is 0.305.